The average Bonchev–Trinajstić information content (AvgIpc) is 2.28. The molecule has 0 aromatic carbocycles. The quantitative estimate of drug-likeness (QED) is 0.805. The second-order valence-corrected chi connectivity index (χ2v) is 4.70. The van der Waals surface area contributed by atoms with Crippen LogP contribution >= 0.6 is 11.6 Å². The van der Waals surface area contributed by atoms with Gasteiger partial charge in [-0.05, 0) is 19.8 Å². The van der Waals surface area contributed by atoms with Gasteiger partial charge in [-0.2, -0.15) is 0 Å². The molecule has 6 heteroatoms. The van der Waals surface area contributed by atoms with Crippen LogP contribution in [0.5, 0.6) is 0 Å². The average molecular weight is 271 g/mol. The summed E-state index contributed by atoms with van der Waals surface area (Å²) in [6, 6.07) is -0.367. The van der Waals surface area contributed by atoms with Crippen molar-refractivity contribution < 1.29 is 4.79 Å². The van der Waals surface area contributed by atoms with Crippen LogP contribution in [-0.4, -0.2) is 28.5 Å². The molecular weight excluding hydrogens is 252 g/mol. The Bertz CT molecular complexity index is 423. The molecule has 0 aliphatic heterocycles. The third-order valence-electron chi connectivity index (χ3n) is 2.51. The van der Waals surface area contributed by atoms with Crippen LogP contribution in [0.15, 0.2) is 6.33 Å². The minimum absolute atomic E-state index is 0.0676. The number of amides is 1. The minimum Gasteiger partial charge on any atom is -0.358 e. The van der Waals surface area contributed by atoms with Gasteiger partial charge in [0.15, 0.2) is 0 Å². The smallest absolute Gasteiger partial charge is 0.242 e. The molecule has 18 heavy (non-hydrogen) atoms. The summed E-state index contributed by atoms with van der Waals surface area (Å²) in [5, 5.41) is 6.24. The summed E-state index contributed by atoms with van der Waals surface area (Å²) in [6.07, 6.45) is 1.39. The maximum absolute atomic E-state index is 11.7. The predicted molar refractivity (Wildman–Crippen MR) is 72.9 cm³/mol. The van der Waals surface area contributed by atoms with Crippen molar-refractivity contribution in [3.63, 3.8) is 0 Å². The van der Waals surface area contributed by atoms with Crippen LogP contribution in [0, 0.1) is 0 Å². The van der Waals surface area contributed by atoms with Gasteiger partial charge in [0.05, 0.1) is 0 Å². The molecule has 0 bridgehead atoms. The fourth-order valence-electron chi connectivity index (χ4n) is 1.60. The van der Waals surface area contributed by atoms with Crippen molar-refractivity contribution in [2.45, 2.75) is 39.7 Å². The Morgan fingerprint density at radius 3 is 2.61 bits per heavy atom. The number of rotatable bonds is 5. The molecule has 0 spiro atoms. The number of hydrogen-bond donors (Lipinski definition) is 2. The maximum atomic E-state index is 11.7. The maximum Gasteiger partial charge on any atom is 0.242 e. The van der Waals surface area contributed by atoms with Gasteiger partial charge in [-0.1, -0.05) is 25.4 Å². The molecule has 1 rings (SSSR count). The summed E-state index contributed by atoms with van der Waals surface area (Å²) >= 11 is 6.06. The molecule has 0 radical (unpaired) electrons. The van der Waals surface area contributed by atoms with Crippen molar-refractivity contribution in [3.8, 4) is 0 Å². The number of nitrogens with zero attached hydrogens (tertiary/aromatic N) is 2. The second kappa shape index (κ2) is 6.54. The molecule has 1 amide bonds. The van der Waals surface area contributed by atoms with Crippen molar-refractivity contribution in [1.82, 2.24) is 15.3 Å². The third-order valence-corrected chi connectivity index (χ3v) is 2.81. The van der Waals surface area contributed by atoms with Crippen molar-refractivity contribution >= 4 is 23.3 Å². The Labute approximate surface area is 112 Å². The zero-order valence-corrected chi connectivity index (χ0v) is 11.9. The summed E-state index contributed by atoms with van der Waals surface area (Å²) in [4.78, 5) is 19.8. The zero-order chi connectivity index (χ0) is 13.7. The van der Waals surface area contributed by atoms with E-state index in [4.69, 9.17) is 11.6 Å². The van der Waals surface area contributed by atoms with Gasteiger partial charge >= 0.3 is 0 Å². The molecular formula is C12H19ClN4O. The van der Waals surface area contributed by atoms with Crippen LogP contribution < -0.4 is 10.6 Å². The summed E-state index contributed by atoms with van der Waals surface area (Å²) in [5.74, 6) is 0.730. The number of likely N-dealkylation sites (N-methyl/N-ethyl adjacent to an activating group) is 1. The Balaban J connectivity index is 2.90. The van der Waals surface area contributed by atoms with Gasteiger partial charge in [0.2, 0.25) is 5.91 Å². The largest absolute Gasteiger partial charge is 0.358 e. The lowest BCUT2D eigenvalue weighted by molar-refractivity contribution is -0.121. The fourth-order valence-corrected chi connectivity index (χ4v) is 1.95. The van der Waals surface area contributed by atoms with E-state index in [2.05, 4.69) is 20.6 Å². The number of aromatic nitrogens is 2. The Morgan fingerprint density at radius 2 is 2.06 bits per heavy atom. The SMILES string of the molecule is CCNC(=O)C(C)Nc1ncnc(Cl)c1C(C)C. The van der Waals surface area contributed by atoms with Crippen molar-refractivity contribution in [2.24, 2.45) is 0 Å². The summed E-state index contributed by atoms with van der Waals surface area (Å²) < 4.78 is 0. The first-order valence-corrected chi connectivity index (χ1v) is 6.39. The van der Waals surface area contributed by atoms with Gasteiger partial charge in [-0.3, -0.25) is 4.79 Å². The normalized spacial score (nSPS) is 12.3. The lowest BCUT2D eigenvalue weighted by Crippen LogP contribution is -2.37. The number of carbonyl (C=O) groups excluding carboxylic acids is 1. The Kier molecular flexibility index (Phi) is 5.34. The van der Waals surface area contributed by atoms with E-state index in [1.54, 1.807) is 6.92 Å². The highest BCUT2D eigenvalue weighted by molar-refractivity contribution is 6.30. The molecule has 1 unspecified atom stereocenters. The summed E-state index contributed by atoms with van der Waals surface area (Å²) in [7, 11) is 0. The minimum atomic E-state index is -0.367. The molecule has 2 N–H and O–H groups in total. The van der Waals surface area contributed by atoms with E-state index in [-0.39, 0.29) is 17.9 Å². The van der Waals surface area contributed by atoms with Crippen LogP contribution in [0.3, 0.4) is 0 Å². The molecule has 100 valence electrons. The highest BCUT2D eigenvalue weighted by Gasteiger charge is 2.18. The molecule has 0 saturated carbocycles. The lowest BCUT2D eigenvalue weighted by Gasteiger charge is -2.18. The summed E-state index contributed by atoms with van der Waals surface area (Å²) in [5.41, 5.74) is 0.829. The molecule has 1 aromatic rings. The van der Waals surface area contributed by atoms with Crippen molar-refractivity contribution in [3.05, 3.63) is 17.0 Å². The monoisotopic (exact) mass is 270 g/mol. The van der Waals surface area contributed by atoms with Crippen LogP contribution in [0.1, 0.15) is 39.2 Å². The molecule has 0 aliphatic rings. The molecule has 5 nitrogen and oxygen atoms in total. The molecule has 1 atom stereocenters. The first kappa shape index (κ1) is 14.7. The molecule has 0 aliphatic carbocycles. The Hall–Kier alpha value is -1.36. The van der Waals surface area contributed by atoms with Crippen molar-refractivity contribution in [1.29, 1.82) is 0 Å². The molecule has 1 aromatic heterocycles. The van der Waals surface area contributed by atoms with E-state index in [1.165, 1.54) is 6.33 Å². The van der Waals surface area contributed by atoms with E-state index in [1.807, 2.05) is 20.8 Å². The van der Waals surface area contributed by atoms with Gasteiger partial charge < -0.3 is 10.6 Å². The number of halogens is 1. The first-order valence-electron chi connectivity index (χ1n) is 6.02. The van der Waals surface area contributed by atoms with Crippen LogP contribution in [0.2, 0.25) is 5.15 Å². The topological polar surface area (TPSA) is 66.9 Å². The molecule has 1 heterocycles. The van der Waals surface area contributed by atoms with Gasteiger partial charge in [-0.15, -0.1) is 0 Å². The highest BCUT2D eigenvalue weighted by Crippen LogP contribution is 2.28. The van der Waals surface area contributed by atoms with E-state index >= 15 is 0 Å². The standard InChI is InChI=1S/C12H19ClN4O/c1-5-14-12(18)8(4)17-11-9(7(2)3)10(13)15-6-16-11/h6-8H,5H2,1-4H3,(H,14,18)(H,15,16,17). The highest BCUT2D eigenvalue weighted by atomic mass is 35.5. The van der Waals surface area contributed by atoms with E-state index < -0.39 is 0 Å². The van der Waals surface area contributed by atoms with Gasteiger partial charge in [0, 0.05) is 12.1 Å². The number of nitrogens with one attached hydrogen (secondary N) is 2. The zero-order valence-electron chi connectivity index (χ0n) is 11.1. The van der Waals surface area contributed by atoms with E-state index in [0.717, 1.165) is 5.56 Å². The fraction of sp³-hybridized carbons (Fsp3) is 0.583. The molecule has 0 fully saturated rings. The number of anilines is 1. The third kappa shape index (κ3) is 3.57. The van der Waals surface area contributed by atoms with Crippen LogP contribution in [0.4, 0.5) is 5.82 Å². The second-order valence-electron chi connectivity index (χ2n) is 4.34. The number of hydrogen-bond acceptors (Lipinski definition) is 4. The lowest BCUT2D eigenvalue weighted by atomic mass is 10.1. The van der Waals surface area contributed by atoms with E-state index in [9.17, 15) is 4.79 Å². The van der Waals surface area contributed by atoms with E-state index in [0.29, 0.717) is 17.5 Å². The van der Waals surface area contributed by atoms with Crippen LogP contribution in [-0.2, 0) is 4.79 Å². The predicted octanol–water partition coefficient (Wildman–Crippen LogP) is 2.19. The molecule has 0 saturated heterocycles. The van der Waals surface area contributed by atoms with Gasteiger partial charge in [0.1, 0.15) is 23.3 Å². The number of carbonyl (C=O) groups is 1. The summed E-state index contributed by atoms with van der Waals surface area (Å²) in [6.45, 7) is 8.28. The van der Waals surface area contributed by atoms with Gasteiger partial charge in [-0.25, -0.2) is 9.97 Å². The van der Waals surface area contributed by atoms with Crippen molar-refractivity contribution in [2.75, 3.05) is 11.9 Å². The van der Waals surface area contributed by atoms with Crippen LogP contribution in [0.25, 0.3) is 0 Å². The van der Waals surface area contributed by atoms with Gasteiger partial charge in [0.25, 0.3) is 0 Å². The Morgan fingerprint density at radius 1 is 1.39 bits per heavy atom. The first-order chi connectivity index (χ1) is 8.47.